The Balaban J connectivity index is 4.35. The summed E-state index contributed by atoms with van der Waals surface area (Å²) < 4.78 is 0. The van der Waals surface area contributed by atoms with Crippen LogP contribution in [0.5, 0.6) is 0 Å². The summed E-state index contributed by atoms with van der Waals surface area (Å²) in [6.07, 6.45) is 1.83. The van der Waals surface area contributed by atoms with Crippen molar-refractivity contribution in [1.82, 2.24) is 21.3 Å². The van der Waals surface area contributed by atoms with E-state index in [1.54, 1.807) is 7.05 Å². The van der Waals surface area contributed by atoms with Gasteiger partial charge in [-0.3, -0.25) is 14.4 Å². The highest BCUT2D eigenvalue weighted by Gasteiger charge is 2.20. The molecule has 0 amide bonds. The molecule has 0 bridgehead atoms. The normalized spacial score (nSPS) is 14.4. The Kier molecular flexibility index (Phi) is 13.5. The molecule has 3 atom stereocenters. The highest BCUT2D eigenvalue weighted by Crippen LogP contribution is 1.99. The number of Topliss-reactive ketones (excluding diaryl/α,β-unsaturated/α-hetero) is 2. The molecule has 9 nitrogen and oxygen atoms in total. The zero-order chi connectivity index (χ0) is 19.9. The lowest BCUT2D eigenvalue weighted by atomic mass is 10.1. The molecule has 0 saturated carbocycles. The summed E-state index contributed by atoms with van der Waals surface area (Å²) in [7, 11) is 3.54. The number of rotatable bonds is 17. The highest BCUT2D eigenvalue weighted by molar-refractivity contribution is 5.87. The molecule has 0 heterocycles. The smallest absolute Gasteiger partial charge is 0.303 e. The SMILES string of the molecule is CNCC[C@H](NC)C(=O)CN[C@@H](CCN[C@H](C=O)CCC(=O)O)C(C)=O. The number of aldehydes is 1. The van der Waals surface area contributed by atoms with Crippen LogP contribution in [0.25, 0.3) is 0 Å². The van der Waals surface area contributed by atoms with Crippen LogP contribution in [0.15, 0.2) is 0 Å². The molecule has 0 aliphatic rings. The maximum Gasteiger partial charge on any atom is 0.303 e. The molecule has 0 saturated heterocycles. The van der Waals surface area contributed by atoms with Gasteiger partial charge >= 0.3 is 5.97 Å². The molecule has 26 heavy (non-hydrogen) atoms. The van der Waals surface area contributed by atoms with Gasteiger partial charge in [-0.15, -0.1) is 0 Å². The van der Waals surface area contributed by atoms with Gasteiger partial charge in [-0.05, 0) is 53.4 Å². The fourth-order valence-electron chi connectivity index (χ4n) is 2.46. The van der Waals surface area contributed by atoms with Gasteiger partial charge in [-0.25, -0.2) is 0 Å². The van der Waals surface area contributed by atoms with Gasteiger partial charge in [-0.1, -0.05) is 0 Å². The van der Waals surface area contributed by atoms with E-state index >= 15 is 0 Å². The maximum atomic E-state index is 12.2. The molecule has 150 valence electrons. The van der Waals surface area contributed by atoms with Crippen molar-refractivity contribution < 1.29 is 24.3 Å². The molecule has 9 heteroatoms. The standard InChI is InChI=1S/C17H32N4O5/c1-12(23)14(7-9-20-13(11-22)4-5-17(25)26)21-10-16(24)15(19-3)6-8-18-2/h11,13-15,18-21H,4-10H2,1-3H3,(H,25,26)/t13-,14-,15-/m0/s1. The molecule has 0 fully saturated rings. The number of likely N-dealkylation sites (N-methyl/N-ethyl adjacent to an activating group) is 1. The average Bonchev–Trinajstić information content (AvgIpc) is 2.60. The van der Waals surface area contributed by atoms with Crippen molar-refractivity contribution in [3.63, 3.8) is 0 Å². The van der Waals surface area contributed by atoms with Crippen molar-refractivity contribution >= 4 is 23.8 Å². The van der Waals surface area contributed by atoms with Crippen molar-refractivity contribution in [1.29, 1.82) is 0 Å². The number of carboxylic acids is 1. The number of carboxylic acid groups (broad SMARTS) is 1. The second kappa shape index (κ2) is 14.5. The van der Waals surface area contributed by atoms with E-state index in [0.717, 1.165) is 0 Å². The number of carbonyl (C=O) groups excluding carboxylic acids is 3. The molecule has 5 N–H and O–H groups in total. The molecule has 0 aromatic rings. The largest absolute Gasteiger partial charge is 0.481 e. The quantitative estimate of drug-likeness (QED) is 0.198. The van der Waals surface area contributed by atoms with Crippen molar-refractivity contribution in [2.75, 3.05) is 33.7 Å². The summed E-state index contributed by atoms with van der Waals surface area (Å²) in [4.78, 5) is 45.4. The van der Waals surface area contributed by atoms with E-state index in [4.69, 9.17) is 5.11 Å². The van der Waals surface area contributed by atoms with Crippen LogP contribution in [0.1, 0.15) is 32.6 Å². The first-order valence-electron chi connectivity index (χ1n) is 8.84. The minimum Gasteiger partial charge on any atom is -0.481 e. The third kappa shape index (κ3) is 11.0. The first-order valence-corrected chi connectivity index (χ1v) is 8.84. The van der Waals surface area contributed by atoms with E-state index in [9.17, 15) is 19.2 Å². The Labute approximate surface area is 154 Å². The number of ketones is 2. The lowest BCUT2D eigenvalue weighted by molar-refractivity contribution is -0.137. The average molecular weight is 372 g/mol. The highest BCUT2D eigenvalue weighted by atomic mass is 16.4. The monoisotopic (exact) mass is 372 g/mol. The second-order valence-electron chi connectivity index (χ2n) is 6.16. The summed E-state index contributed by atoms with van der Waals surface area (Å²) >= 11 is 0. The Morgan fingerprint density at radius 1 is 1.00 bits per heavy atom. The summed E-state index contributed by atoms with van der Waals surface area (Å²) in [5.41, 5.74) is 0. The summed E-state index contributed by atoms with van der Waals surface area (Å²) in [6, 6.07) is -1.34. The van der Waals surface area contributed by atoms with Gasteiger partial charge in [0.15, 0.2) is 5.78 Å². The number of carbonyl (C=O) groups is 4. The summed E-state index contributed by atoms with van der Waals surface area (Å²) in [5, 5.41) is 20.5. The topological polar surface area (TPSA) is 137 Å². The predicted octanol–water partition coefficient (Wildman–Crippen LogP) is -1.29. The summed E-state index contributed by atoms with van der Waals surface area (Å²) in [5.74, 6) is -1.07. The first-order chi connectivity index (χ1) is 12.3. The molecule has 0 aromatic heterocycles. The van der Waals surface area contributed by atoms with Crippen LogP contribution in [0.4, 0.5) is 0 Å². The van der Waals surface area contributed by atoms with Crippen LogP contribution in [-0.4, -0.2) is 80.8 Å². The molecule has 0 radical (unpaired) electrons. The predicted molar refractivity (Wildman–Crippen MR) is 98.2 cm³/mol. The van der Waals surface area contributed by atoms with E-state index in [1.807, 2.05) is 7.05 Å². The first kappa shape index (κ1) is 24.3. The van der Waals surface area contributed by atoms with Crippen molar-refractivity contribution in [2.24, 2.45) is 0 Å². The van der Waals surface area contributed by atoms with Gasteiger partial charge in [0, 0.05) is 6.42 Å². The van der Waals surface area contributed by atoms with Gasteiger partial charge in [0.1, 0.15) is 12.1 Å². The van der Waals surface area contributed by atoms with E-state index in [0.29, 0.717) is 32.2 Å². The molecular weight excluding hydrogens is 340 g/mol. The van der Waals surface area contributed by atoms with Crippen molar-refractivity contribution in [3.05, 3.63) is 0 Å². The van der Waals surface area contributed by atoms with Gasteiger partial charge in [-0.2, -0.15) is 0 Å². The molecule has 0 unspecified atom stereocenters. The maximum absolute atomic E-state index is 12.2. The Hall–Kier alpha value is -1.68. The molecular formula is C17H32N4O5. The Bertz CT molecular complexity index is 458. The fraction of sp³-hybridized carbons (Fsp3) is 0.765. The van der Waals surface area contributed by atoms with Crippen LogP contribution >= 0.6 is 0 Å². The summed E-state index contributed by atoms with van der Waals surface area (Å²) in [6.45, 7) is 2.60. The lowest BCUT2D eigenvalue weighted by Gasteiger charge is -2.20. The molecule has 0 aliphatic heterocycles. The molecule has 0 aromatic carbocycles. The Morgan fingerprint density at radius 2 is 1.65 bits per heavy atom. The zero-order valence-electron chi connectivity index (χ0n) is 15.8. The number of nitrogens with one attached hydrogen (secondary N) is 4. The van der Waals surface area contributed by atoms with E-state index in [-0.39, 0.29) is 37.0 Å². The van der Waals surface area contributed by atoms with E-state index in [1.165, 1.54) is 6.92 Å². The van der Waals surface area contributed by atoms with Crippen molar-refractivity contribution in [2.45, 2.75) is 50.7 Å². The number of hydrogen-bond donors (Lipinski definition) is 5. The van der Waals surface area contributed by atoms with E-state index in [2.05, 4.69) is 21.3 Å². The lowest BCUT2D eigenvalue weighted by Crippen LogP contribution is -2.46. The van der Waals surface area contributed by atoms with Crippen molar-refractivity contribution in [3.8, 4) is 0 Å². The Morgan fingerprint density at radius 3 is 2.15 bits per heavy atom. The zero-order valence-corrected chi connectivity index (χ0v) is 15.8. The fourth-order valence-corrected chi connectivity index (χ4v) is 2.46. The number of hydrogen-bond acceptors (Lipinski definition) is 8. The van der Waals surface area contributed by atoms with Gasteiger partial charge in [0.05, 0.1) is 24.7 Å². The second-order valence-corrected chi connectivity index (χ2v) is 6.16. The van der Waals surface area contributed by atoms with Crippen LogP contribution in [0.2, 0.25) is 0 Å². The third-order valence-corrected chi connectivity index (χ3v) is 4.11. The molecule has 0 aliphatic carbocycles. The van der Waals surface area contributed by atoms with Crippen LogP contribution in [-0.2, 0) is 19.2 Å². The minimum absolute atomic E-state index is 0.0193. The van der Waals surface area contributed by atoms with Gasteiger partial charge < -0.3 is 31.2 Å². The van der Waals surface area contributed by atoms with Crippen LogP contribution in [0, 0.1) is 0 Å². The number of aliphatic carboxylic acids is 1. The molecule has 0 spiro atoms. The molecule has 0 rings (SSSR count). The van der Waals surface area contributed by atoms with Crippen LogP contribution < -0.4 is 21.3 Å². The van der Waals surface area contributed by atoms with Gasteiger partial charge in [0.25, 0.3) is 0 Å². The van der Waals surface area contributed by atoms with Gasteiger partial charge in [0.2, 0.25) is 0 Å². The van der Waals surface area contributed by atoms with Crippen LogP contribution in [0.3, 0.4) is 0 Å². The van der Waals surface area contributed by atoms with E-state index < -0.39 is 18.1 Å². The third-order valence-electron chi connectivity index (χ3n) is 4.11. The minimum atomic E-state index is -0.960.